The highest BCUT2D eigenvalue weighted by atomic mass is 14.5. The lowest BCUT2D eigenvalue weighted by molar-refractivity contribution is 0.607. The Bertz CT molecular complexity index is 3400. The molecule has 0 radical (unpaired) electrons. The highest BCUT2D eigenvalue weighted by Crippen LogP contribution is 2.60. The topological polar surface area (TPSA) is 0 Å². The Hall–Kier alpha value is -7.28. The van der Waals surface area contributed by atoms with Crippen molar-refractivity contribution >= 4 is 21.5 Å². The summed E-state index contributed by atoms with van der Waals surface area (Å²) >= 11 is 0. The van der Waals surface area contributed by atoms with E-state index in [-0.39, 0.29) is 0 Å². The molecule has 73 heavy (non-hydrogen) atoms. The Kier molecular flexibility index (Phi) is 13.3. The second-order valence-electron chi connectivity index (χ2n) is 21.2. The zero-order chi connectivity index (χ0) is 49.1. The lowest BCUT2D eigenvalue weighted by Gasteiger charge is -2.34. The Morgan fingerprint density at radius 1 is 0.288 bits per heavy atom. The quantitative estimate of drug-likeness (QED) is 0.0709. The van der Waals surface area contributed by atoms with Gasteiger partial charge in [0, 0.05) is 0 Å². The van der Waals surface area contributed by atoms with Crippen LogP contribution in [0.3, 0.4) is 0 Å². The summed E-state index contributed by atoms with van der Waals surface area (Å²) < 4.78 is 0. The van der Waals surface area contributed by atoms with Crippen LogP contribution >= 0.6 is 0 Å². The molecule has 0 atom stereocenters. The van der Waals surface area contributed by atoms with Gasteiger partial charge in [-0.05, 0) is 153 Å². The van der Waals surface area contributed by atoms with Crippen LogP contribution in [0.1, 0.15) is 124 Å². The van der Waals surface area contributed by atoms with Crippen molar-refractivity contribution in [1.82, 2.24) is 0 Å². The first-order valence-corrected chi connectivity index (χ1v) is 27.9. The zero-order valence-corrected chi connectivity index (χ0v) is 43.0. The average Bonchev–Trinajstić information content (AvgIpc) is 3.94. The molecular formula is C73H68. The number of hydrogen-bond acceptors (Lipinski definition) is 0. The maximum Gasteiger partial charge on any atom is 0.0713 e. The van der Waals surface area contributed by atoms with Gasteiger partial charge in [-0.15, -0.1) is 0 Å². The van der Waals surface area contributed by atoms with Gasteiger partial charge in [-0.3, -0.25) is 0 Å². The first-order chi connectivity index (χ1) is 36.2. The average molecular weight is 945 g/mol. The molecule has 0 fully saturated rings. The van der Waals surface area contributed by atoms with E-state index in [9.17, 15) is 0 Å². The maximum atomic E-state index is 2.58. The molecule has 0 spiro atoms. The highest BCUT2D eigenvalue weighted by Gasteiger charge is 2.46. The molecule has 0 amide bonds. The predicted octanol–water partition coefficient (Wildman–Crippen LogP) is 20.8. The number of rotatable bonds is 19. The Morgan fingerprint density at radius 3 is 1.30 bits per heavy atom. The van der Waals surface area contributed by atoms with Crippen LogP contribution in [0.4, 0.5) is 0 Å². The number of fused-ring (bicyclic) bond motifs is 7. The largest absolute Gasteiger partial charge is 0.0713 e. The molecular weight excluding hydrogens is 877 g/mol. The van der Waals surface area contributed by atoms with Gasteiger partial charge in [-0.2, -0.15) is 0 Å². The van der Waals surface area contributed by atoms with Crippen LogP contribution < -0.4 is 0 Å². The van der Waals surface area contributed by atoms with Gasteiger partial charge in [-0.1, -0.05) is 278 Å². The van der Waals surface area contributed by atoms with E-state index in [0.717, 1.165) is 12.8 Å². The summed E-state index contributed by atoms with van der Waals surface area (Å²) in [4.78, 5) is 0. The van der Waals surface area contributed by atoms with E-state index >= 15 is 0 Å². The molecule has 0 saturated carbocycles. The fraction of sp³-hybridized carbons (Fsp3) is 0.233. The van der Waals surface area contributed by atoms with E-state index in [1.807, 2.05) is 0 Å². The van der Waals surface area contributed by atoms with Gasteiger partial charge in [0.25, 0.3) is 0 Å². The van der Waals surface area contributed by atoms with Crippen molar-refractivity contribution in [2.24, 2.45) is 0 Å². The van der Waals surface area contributed by atoms with E-state index < -0.39 is 5.41 Å². The third-order valence-corrected chi connectivity index (χ3v) is 16.7. The molecule has 0 saturated heterocycles. The minimum atomic E-state index is -0.486. The first-order valence-electron chi connectivity index (χ1n) is 27.9. The van der Waals surface area contributed by atoms with Crippen LogP contribution in [0.15, 0.2) is 206 Å². The Labute approximate surface area is 434 Å². The Balaban J connectivity index is 1.02. The number of benzene rings is 10. The van der Waals surface area contributed by atoms with E-state index in [1.165, 1.54) is 199 Å². The van der Waals surface area contributed by atoms with Gasteiger partial charge in [0.1, 0.15) is 0 Å². The molecule has 12 rings (SSSR count). The van der Waals surface area contributed by atoms with E-state index in [1.54, 1.807) is 0 Å². The highest BCUT2D eigenvalue weighted by molar-refractivity contribution is 6.28. The Morgan fingerprint density at radius 2 is 0.726 bits per heavy atom. The molecule has 10 aromatic rings. The van der Waals surface area contributed by atoms with Crippen LogP contribution in [-0.2, 0) is 18.3 Å². The van der Waals surface area contributed by atoms with Crippen LogP contribution in [-0.4, -0.2) is 0 Å². The summed E-state index contributed by atoms with van der Waals surface area (Å²) in [6.07, 6.45) is 18.1. The monoisotopic (exact) mass is 945 g/mol. The van der Waals surface area contributed by atoms with E-state index in [4.69, 9.17) is 0 Å². The molecule has 0 aromatic heterocycles. The van der Waals surface area contributed by atoms with Gasteiger partial charge in [-0.25, -0.2) is 0 Å². The predicted molar refractivity (Wildman–Crippen MR) is 314 cm³/mol. The molecule has 0 unspecified atom stereocenters. The summed E-state index contributed by atoms with van der Waals surface area (Å²) in [6.45, 7) is 4.61. The van der Waals surface area contributed by atoms with Crippen molar-refractivity contribution in [3.8, 4) is 66.8 Å². The molecule has 0 heteroatoms. The standard InChI is InChI=1S/C73H68/c1-3-5-7-9-11-15-26-51-38-43-56(44-39-51)73(57-45-40-52(41-46-57)27-16-12-10-8-6-4-2)66-37-24-23-32-59(66)60-47-42-55(50-67(60)73)58-48-49-65-70-61(58)35-25-36-64(70)71-68(53-28-17-13-18-29-53)62-33-21-22-34-63(62)69(72(65)71)54-30-19-14-20-31-54/h13-14,17-25,28-50H,3-12,15-16,26-27H2,1-2H3. The number of aryl methyl sites for hydroxylation is 2. The van der Waals surface area contributed by atoms with Crippen molar-refractivity contribution in [3.05, 3.63) is 240 Å². The minimum absolute atomic E-state index is 0.486. The number of unbranched alkanes of at least 4 members (excludes halogenated alkanes) is 10. The fourth-order valence-corrected chi connectivity index (χ4v) is 13.2. The fourth-order valence-electron chi connectivity index (χ4n) is 13.2. The van der Waals surface area contributed by atoms with E-state index in [0.29, 0.717) is 0 Å². The second-order valence-corrected chi connectivity index (χ2v) is 21.2. The molecule has 0 aliphatic heterocycles. The summed E-state index contributed by atoms with van der Waals surface area (Å²) in [7, 11) is 0. The molecule has 10 aromatic carbocycles. The minimum Gasteiger partial charge on any atom is -0.0654 e. The van der Waals surface area contributed by atoms with Gasteiger partial charge >= 0.3 is 0 Å². The van der Waals surface area contributed by atoms with Crippen LogP contribution in [0, 0.1) is 0 Å². The van der Waals surface area contributed by atoms with Gasteiger partial charge < -0.3 is 0 Å². The molecule has 0 heterocycles. The van der Waals surface area contributed by atoms with E-state index in [2.05, 4.69) is 220 Å². The molecule has 2 aliphatic rings. The van der Waals surface area contributed by atoms with Gasteiger partial charge in [0.2, 0.25) is 0 Å². The first kappa shape index (κ1) is 46.8. The third-order valence-electron chi connectivity index (χ3n) is 16.7. The summed E-state index contributed by atoms with van der Waals surface area (Å²) in [5.41, 5.74) is 23.5. The lowest BCUT2D eigenvalue weighted by Crippen LogP contribution is -2.28. The third kappa shape index (κ3) is 8.34. The molecule has 0 nitrogen and oxygen atoms in total. The van der Waals surface area contributed by atoms with Gasteiger partial charge in [0.05, 0.1) is 5.41 Å². The smallest absolute Gasteiger partial charge is 0.0654 e. The summed E-state index contributed by atoms with van der Waals surface area (Å²) in [5.74, 6) is 0. The van der Waals surface area contributed by atoms with Crippen LogP contribution in [0.5, 0.6) is 0 Å². The van der Waals surface area contributed by atoms with Crippen molar-refractivity contribution in [2.45, 2.75) is 109 Å². The van der Waals surface area contributed by atoms with Crippen molar-refractivity contribution in [1.29, 1.82) is 0 Å². The molecule has 360 valence electrons. The maximum absolute atomic E-state index is 2.58. The normalized spacial score (nSPS) is 12.8. The van der Waals surface area contributed by atoms with Gasteiger partial charge in [0.15, 0.2) is 0 Å². The molecule has 2 aliphatic carbocycles. The lowest BCUT2D eigenvalue weighted by atomic mass is 9.67. The SMILES string of the molecule is CCCCCCCCc1ccc(C2(c3ccc(CCCCCCCC)cc3)c3ccccc3-c3ccc(-c4ccc5c6c(cccc46)-c4c-5c(-c5ccccc5)c5ccccc5c4-c4ccccc4)cc32)cc1. The molecule has 0 N–H and O–H groups in total. The second kappa shape index (κ2) is 20.7. The summed E-state index contributed by atoms with van der Waals surface area (Å²) in [6, 6.07) is 79.6. The van der Waals surface area contributed by atoms with Crippen molar-refractivity contribution in [2.75, 3.05) is 0 Å². The van der Waals surface area contributed by atoms with Crippen LogP contribution in [0.25, 0.3) is 88.3 Å². The number of hydrogen-bond donors (Lipinski definition) is 0. The van der Waals surface area contributed by atoms with Crippen molar-refractivity contribution in [3.63, 3.8) is 0 Å². The van der Waals surface area contributed by atoms with Crippen molar-refractivity contribution < 1.29 is 0 Å². The van der Waals surface area contributed by atoms with Crippen LogP contribution in [0.2, 0.25) is 0 Å². The zero-order valence-electron chi connectivity index (χ0n) is 43.0. The molecule has 0 bridgehead atoms. The summed E-state index contributed by atoms with van der Waals surface area (Å²) in [5, 5.41) is 5.22.